The molecule has 1 aromatic carbocycles. The first-order valence-electron chi connectivity index (χ1n) is 6.29. The maximum absolute atomic E-state index is 5.70. The average molecular weight is 219 g/mol. The zero-order valence-corrected chi connectivity index (χ0v) is 11.1. The Balaban J connectivity index is 2.80. The molecule has 0 heterocycles. The molecule has 0 aromatic heterocycles. The molecule has 0 aliphatic heterocycles. The first kappa shape index (κ1) is 13.2. The van der Waals surface area contributed by atoms with Crippen LogP contribution in [0.2, 0.25) is 0 Å². The Hall–Kier alpha value is -0.820. The van der Waals surface area contributed by atoms with E-state index in [0.717, 1.165) is 19.4 Å². The lowest BCUT2D eigenvalue weighted by atomic mass is 9.77. The minimum absolute atomic E-state index is 0.227. The van der Waals surface area contributed by atoms with E-state index in [1.807, 2.05) is 0 Å². The maximum atomic E-state index is 5.70. The molecule has 1 unspecified atom stereocenters. The van der Waals surface area contributed by atoms with Crippen LogP contribution in [0.1, 0.15) is 45.2 Å². The van der Waals surface area contributed by atoms with Crippen LogP contribution in [0.3, 0.4) is 0 Å². The highest BCUT2D eigenvalue weighted by atomic mass is 14.5. The van der Waals surface area contributed by atoms with Gasteiger partial charge in [-0.1, -0.05) is 52.0 Å². The highest BCUT2D eigenvalue weighted by Crippen LogP contribution is 2.30. The summed E-state index contributed by atoms with van der Waals surface area (Å²) in [4.78, 5) is 0. The minimum Gasteiger partial charge on any atom is -0.330 e. The molecule has 0 bridgehead atoms. The quantitative estimate of drug-likeness (QED) is 0.805. The van der Waals surface area contributed by atoms with Gasteiger partial charge in [-0.25, -0.2) is 0 Å². The zero-order valence-electron chi connectivity index (χ0n) is 11.1. The van der Waals surface area contributed by atoms with Gasteiger partial charge in [-0.3, -0.25) is 0 Å². The van der Waals surface area contributed by atoms with Gasteiger partial charge in [-0.05, 0) is 41.8 Å². The number of hydrogen-bond donors (Lipinski definition) is 1. The van der Waals surface area contributed by atoms with E-state index in [4.69, 9.17) is 5.73 Å². The third-order valence-electron chi connectivity index (χ3n) is 3.40. The first-order chi connectivity index (χ1) is 7.49. The Morgan fingerprint density at radius 1 is 1.19 bits per heavy atom. The summed E-state index contributed by atoms with van der Waals surface area (Å²) in [5.41, 5.74) is 8.76. The van der Waals surface area contributed by atoms with E-state index < -0.39 is 0 Å². The fraction of sp³-hybridized carbons (Fsp3) is 0.600. The van der Waals surface area contributed by atoms with Gasteiger partial charge in [0.25, 0.3) is 0 Å². The van der Waals surface area contributed by atoms with Crippen LogP contribution in [0, 0.1) is 5.92 Å². The van der Waals surface area contributed by atoms with Crippen LogP contribution >= 0.6 is 0 Å². The lowest BCUT2D eigenvalue weighted by Gasteiger charge is -2.28. The van der Waals surface area contributed by atoms with Crippen LogP contribution in [0.5, 0.6) is 0 Å². The zero-order chi connectivity index (χ0) is 12.2. The van der Waals surface area contributed by atoms with Gasteiger partial charge in [0.05, 0.1) is 0 Å². The molecule has 0 saturated carbocycles. The molecule has 0 radical (unpaired) electrons. The molecular weight excluding hydrogens is 194 g/mol. The molecule has 0 fully saturated rings. The summed E-state index contributed by atoms with van der Waals surface area (Å²) in [7, 11) is 0. The van der Waals surface area contributed by atoms with Crippen LogP contribution in [0.25, 0.3) is 0 Å². The molecule has 90 valence electrons. The van der Waals surface area contributed by atoms with Gasteiger partial charge in [0.1, 0.15) is 0 Å². The van der Waals surface area contributed by atoms with Gasteiger partial charge < -0.3 is 5.73 Å². The third-order valence-corrected chi connectivity index (χ3v) is 3.40. The number of hydrogen-bond acceptors (Lipinski definition) is 1. The standard InChI is InChI=1S/C15H25N/c1-5-13-6-8-14(9-7-13)15(3,4)10-12(2)11-16/h6-9,12H,5,10-11,16H2,1-4H3. The van der Waals surface area contributed by atoms with Gasteiger partial charge in [0.15, 0.2) is 0 Å². The topological polar surface area (TPSA) is 26.0 Å². The molecule has 0 aliphatic rings. The van der Waals surface area contributed by atoms with Crippen molar-refractivity contribution >= 4 is 0 Å². The number of rotatable bonds is 5. The van der Waals surface area contributed by atoms with Gasteiger partial charge >= 0.3 is 0 Å². The van der Waals surface area contributed by atoms with Crippen molar-refractivity contribution < 1.29 is 0 Å². The van der Waals surface area contributed by atoms with Crippen molar-refractivity contribution in [3.63, 3.8) is 0 Å². The second kappa shape index (κ2) is 5.49. The Morgan fingerprint density at radius 3 is 2.19 bits per heavy atom. The second-order valence-corrected chi connectivity index (χ2v) is 5.48. The van der Waals surface area contributed by atoms with E-state index in [2.05, 4.69) is 52.0 Å². The maximum Gasteiger partial charge on any atom is -0.00512 e. The Labute approximate surface area is 100 Å². The van der Waals surface area contributed by atoms with Crippen molar-refractivity contribution in [2.75, 3.05) is 6.54 Å². The van der Waals surface area contributed by atoms with Crippen molar-refractivity contribution in [2.24, 2.45) is 11.7 Å². The van der Waals surface area contributed by atoms with Gasteiger partial charge in [-0.2, -0.15) is 0 Å². The highest BCUT2D eigenvalue weighted by Gasteiger charge is 2.22. The van der Waals surface area contributed by atoms with Crippen molar-refractivity contribution in [2.45, 2.75) is 46.0 Å². The molecule has 1 heteroatoms. The van der Waals surface area contributed by atoms with Gasteiger partial charge in [0.2, 0.25) is 0 Å². The molecule has 16 heavy (non-hydrogen) atoms. The van der Waals surface area contributed by atoms with Crippen LogP contribution in [-0.2, 0) is 11.8 Å². The molecule has 1 aromatic rings. The fourth-order valence-corrected chi connectivity index (χ4v) is 2.26. The lowest BCUT2D eigenvalue weighted by molar-refractivity contribution is 0.385. The van der Waals surface area contributed by atoms with Crippen LogP contribution in [0.4, 0.5) is 0 Å². The third kappa shape index (κ3) is 3.34. The largest absolute Gasteiger partial charge is 0.330 e. The molecular formula is C15H25N. The van der Waals surface area contributed by atoms with Crippen molar-refractivity contribution in [3.8, 4) is 0 Å². The number of nitrogens with two attached hydrogens (primary N) is 1. The van der Waals surface area contributed by atoms with E-state index in [1.54, 1.807) is 0 Å². The Kier molecular flexibility index (Phi) is 4.55. The van der Waals surface area contributed by atoms with Crippen LogP contribution < -0.4 is 5.73 Å². The Morgan fingerprint density at radius 2 is 1.75 bits per heavy atom. The molecule has 0 amide bonds. The Bertz CT molecular complexity index is 311. The summed E-state index contributed by atoms with van der Waals surface area (Å²) in [5.74, 6) is 0.584. The number of benzene rings is 1. The predicted octanol–water partition coefficient (Wildman–Crippen LogP) is 3.51. The van der Waals surface area contributed by atoms with E-state index in [-0.39, 0.29) is 5.41 Å². The van der Waals surface area contributed by atoms with Gasteiger partial charge in [-0.15, -0.1) is 0 Å². The SMILES string of the molecule is CCc1ccc(C(C)(C)CC(C)CN)cc1. The van der Waals surface area contributed by atoms with Crippen LogP contribution in [0.15, 0.2) is 24.3 Å². The van der Waals surface area contributed by atoms with Crippen molar-refractivity contribution in [3.05, 3.63) is 35.4 Å². The average Bonchev–Trinajstić information content (AvgIpc) is 2.28. The molecule has 0 aliphatic carbocycles. The normalized spacial score (nSPS) is 13.8. The van der Waals surface area contributed by atoms with Crippen LogP contribution in [-0.4, -0.2) is 6.54 Å². The summed E-state index contributed by atoms with van der Waals surface area (Å²) in [6.07, 6.45) is 2.26. The van der Waals surface area contributed by atoms with Crippen molar-refractivity contribution in [1.29, 1.82) is 0 Å². The van der Waals surface area contributed by atoms with Gasteiger partial charge in [0, 0.05) is 0 Å². The van der Waals surface area contributed by atoms with E-state index in [1.165, 1.54) is 11.1 Å². The summed E-state index contributed by atoms with van der Waals surface area (Å²) in [5, 5.41) is 0. The summed E-state index contributed by atoms with van der Waals surface area (Å²) < 4.78 is 0. The fourth-order valence-electron chi connectivity index (χ4n) is 2.26. The lowest BCUT2D eigenvalue weighted by Crippen LogP contribution is -2.24. The van der Waals surface area contributed by atoms with E-state index in [9.17, 15) is 0 Å². The molecule has 1 nitrogen and oxygen atoms in total. The molecule has 0 spiro atoms. The van der Waals surface area contributed by atoms with Crippen molar-refractivity contribution in [1.82, 2.24) is 0 Å². The highest BCUT2D eigenvalue weighted by molar-refractivity contribution is 5.28. The second-order valence-electron chi connectivity index (χ2n) is 5.48. The van der Waals surface area contributed by atoms with E-state index >= 15 is 0 Å². The molecule has 0 saturated heterocycles. The summed E-state index contributed by atoms with van der Waals surface area (Å²) in [6, 6.07) is 9.01. The predicted molar refractivity (Wildman–Crippen MR) is 71.7 cm³/mol. The summed E-state index contributed by atoms with van der Waals surface area (Å²) >= 11 is 0. The number of aryl methyl sites for hydroxylation is 1. The molecule has 1 atom stereocenters. The molecule has 2 N–H and O–H groups in total. The first-order valence-corrected chi connectivity index (χ1v) is 6.29. The monoisotopic (exact) mass is 219 g/mol. The minimum atomic E-state index is 0.227. The summed E-state index contributed by atoms with van der Waals surface area (Å²) in [6.45, 7) is 9.80. The van der Waals surface area contributed by atoms with E-state index in [0.29, 0.717) is 5.92 Å². The molecule has 1 rings (SSSR count). The smallest absolute Gasteiger partial charge is 0.00512 e.